The number of hydrogen-bond donors (Lipinski definition) is 1. The summed E-state index contributed by atoms with van der Waals surface area (Å²) in [7, 11) is 0. The normalized spacial score (nSPS) is 26.7. The third-order valence-corrected chi connectivity index (χ3v) is 4.22. The van der Waals surface area contributed by atoms with Crippen LogP contribution in [0.3, 0.4) is 0 Å². The van der Waals surface area contributed by atoms with Crippen molar-refractivity contribution in [3.63, 3.8) is 0 Å². The van der Waals surface area contributed by atoms with Crippen molar-refractivity contribution in [1.29, 1.82) is 0 Å². The van der Waals surface area contributed by atoms with Gasteiger partial charge in [-0.1, -0.05) is 20.8 Å². The van der Waals surface area contributed by atoms with Crippen molar-refractivity contribution in [2.45, 2.75) is 65.9 Å². The number of carbonyl (C=O) groups excluding carboxylic acids is 1. The predicted octanol–water partition coefficient (Wildman–Crippen LogP) is 3.15. The third kappa shape index (κ3) is 4.60. The van der Waals surface area contributed by atoms with E-state index in [-0.39, 0.29) is 18.3 Å². The van der Waals surface area contributed by atoms with Gasteiger partial charge in [-0.05, 0) is 49.9 Å². The molecule has 1 unspecified atom stereocenters. The first kappa shape index (κ1) is 15.5. The van der Waals surface area contributed by atoms with E-state index >= 15 is 0 Å². The molecular formula is C15H28O3. The lowest BCUT2D eigenvalue weighted by Crippen LogP contribution is -2.32. The summed E-state index contributed by atoms with van der Waals surface area (Å²) in [5, 5.41) is 10.1. The highest BCUT2D eigenvalue weighted by atomic mass is 16.5. The maximum absolute atomic E-state index is 11.3. The van der Waals surface area contributed by atoms with Gasteiger partial charge in [0.15, 0.2) is 0 Å². The second-order valence-corrected chi connectivity index (χ2v) is 6.55. The Labute approximate surface area is 111 Å². The Morgan fingerprint density at radius 3 is 2.28 bits per heavy atom. The molecule has 0 aromatic carbocycles. The van der Waals surface area contributed by atoms with Gasteiger partial charge in [-0.3, -0.25) is 4.79 Å². The average Bonchev–Trinajstić information content (AvgIpc) is 2.28. The molecule has 1 atom stereocenters. The smallest absolute Gasteiger partial charge is 0.308 e. The summed E-state index contributed by atoms with van der Waals surface area (Å²) < 4.78 is 4.88. The van der Waals surface area contributed by atoms with Crippen LogP contribution in [0.4, 0.5) is 0 Å². The zero-order valence-corrected chi connectivity index (χ0v) is 12.2. The standard InChI is InChI=1S/C15H28O3/c1-5-18-14(17)10-13(16)11-6-8-12(9-7-11)15(2,3)4/h11-13,16H,5-10H2,1-4H3. The van der Waals surface area contributed by atoms with Crippen LogP contribution in [0, 0.1) is 17.3 Å². The van der Waals surface area contributed by atoms with Gasteiger partial charge < -0.3 is 9.84 Å². The average molecular weight is 256 g/mol. The minimum absolute atomic E-state index is 0.151. The molecule has 3 heteroatoms. The van der Waals surface area contributed by atoms with Crippen molar-refractivity contribution < 1.29 is 14.6 Å². The summed E-state index contributed by atoms with van der Waals surface area (Å²) in [5.74, 6) is 0.736. The predicted molar refractivity (Wildman–Crippen MR) is 72.2 cm³/mol. The Hall–Kier alpha value is -0.570. The molecule has 0 spiro atoms. The molecule has 18 heavy (non-hydrogen) atoms. The van der Waals surface area contributed by atoms with Crippen LogP contribution in [0.15, 0.2) is 0 Å². The SMILES string of the molecule is CCOC(=O)CC(O)C1CCC(C(C)(C)C)CC1. The van der Waals surface area contributed by atoms with E-state index < -0.39 is 6.10 Å². The fraction of sp³-hybridized carbons (Fsp3) is 0.933. The quantitative estimate of drug-likeness (QED) is 0.786. The molecule has 1 N–H and O–H groups in total. The van der Waals surface area contributed by atoms with Gasteiger partial charge >= 0.3 is 5.97 Å². The van der Waals surface area contributed by atoms with Gasteiger partial charge in [-0.25, -0.2) is 0 Å². The van der Waals surface area contributed by atoms with Gasteiger partial charge in [0, 0.05) is 0 Å². The minimum Gasteiger partial charge on any atom is -0.466 e. The summed E-state index contributed by atoms with van der Waals surface area (Å²) in [6.07, 6.45) is 4.01. The van der Waals surface area contributed by atoms with E-state index in [1.807, 2.05) is 0 Å². The van der Waals surface area contributed by atoms with Crippen molar-refractivity contribution in [3.05, 3.63) is 0 Å². The van der Waals surface area contributed by atoms with Crippen LogP contribution in [-0.2, 0) is 9.53 Å². The molecule has 1 fully saturated rings. The van der Waals surface area contributed by atoms with Crippen LogP contribution >= 0.6 is 0 Å². The first-order valence-electron chi connectivity index (χ1n) is 7.18. The molecule has 3 nitrogen and oxygen atoms in total. The highest BCUT2D eigenvalue weighted by Crippen LogP contribution is 2.40. The summed E-state index contributed by atoms with van der Waals surface area (Å²) in [6.45, 7) is 9.04. The first-order chi connectivity index (χ1) is 8.34. The fourth-order valence-corrected chi connectivity index (χ4v) is 2.93. The molecule has 1 saturated carbocycles. The Balaban J connectivity index is 2.36. The van der Waals surface area contributed by atoms with E-state index in [4.69, 9.17) is 4.74 Å². The molecule has 106 valence electrons. The lowest BCUT2D eigenvalue weighted by molar-refractivity contribution is -0.146. The molecule has 0 amide bonds. The van der Waals surface area contributed by atoms with E-state index in [1.165, 1.54) is 0 Å². The molecule has 1 rings (SSSR count). The second-order valence-electron chi connectivity index (χ2n) is 6.55. The molecule has 1 aliphatic rings. The van der Waals surface area contributed by atoms with Crippen molar-refractivity contribution in [2.75, 3.05) is 6.61 Å². The van der Waals surface area contributed by atoms with E-state index in [2.05, 4.69) is 20.8 Å². The zero-order chi connectivity index (χ0) is 13.8. The van der Waals surface area contributed by atoms with Crippen LogP contribution in [0.5, 0.6) is 0 Å². The number of hydrogen-bond acceptors (Lipinski definition) is 3. The number of aliphatic hydroxyl groups is 1. The number of carbonyl (C=O) groups is 1. The van der Waals surface area contributed by atoms with Crippen LogP contribution in [-0.4, -0.2) is 23.8 Å². The van der Waals surface area contributed by atoms with Crippen molar-refractivity contribution in [1.82, 2.24) is 0 Å². The third-order valence-electron chi connectivity index (χ3n) is 4.22. The summed E-state index contributed by atoms with van der Waals surface area (Å²) in [6, 6.07) is 0. The fourth-order valence-electron chi connectivity index (χ4n) is 2.93. The minimum atomic E-state index is -0.523. The first-order valence-corrected chi connectivity index (χ1v) is 7.18. The largest absolute Gasteiger partial charge is 0.466 e. The van der Waals surface area contributed by atoms with Crippen molar-refractivity contribution in [2.24, 2.45) is 17.3 Å². The molecule has 0 radical (unpaired) electrons. The summed E-state index contributed by atoms with van der Waals surface area (Å²) >= 11 is 0. The van der Waals surface area contributed by atoms with Gasteiger partial charge in [0.1, 0.15) is 0 Å². The number of aliphatic hydroxyl groups excluding tert-OH is 1. The van der Waals surface area contributed by atoms with E-state index in [9.17, 15) is 9.90 Å². The number of ether oxygens (including phenoxy) is 1. The Morgan fingerprint density at radius 1 is 1.28 bits per heavy atom. The highest BCUT2D eigenvalue weighted by Gasteiger charge is 2.32. The zero-order valence-electron chi connectivity index (χ0n) is 12.2. The van der Waals surface area contributed by atoms with Crippen LogP contribution < -0.4 is 0 Å². The molecule has 0 saturated heterocycles. The van der Waals surface area contributed by atoms with Gasteiger partial charge in [-0.15, -0.1) is 0 Å². The van der Waals surface area contributed by atoms with Crippen LogP contribution in [0.1, 0.15) is 59.8 Å². The highest BCUT2D eigenvalue weighted by molar-refractivity contribution is 5.69. The maximum Gasteiger partial charge on any atom is 0.308 e. The lowest BCUT2D eigenvalue weighted by Gasteiger charge is -2.38. The Morgan fingerprint density at radius 2 is 1.83 bits per heavy atom. The van der Waals surface area contributed by atoms with Crippen LogP contribution in [0.2, 0.25) is 0 Å². The monoisotopic (exact) mass is 256 g/mol. The molecule has 0 aromatic heterocycles. The van der Waals surface area contributed by atoms with E-state index in [0.29, 0.717) is 12.0 Å². The van der Waals surface area contributed by atoms with Gasteiger partial charge in [0.05, 0.1) is 19.1 Å². The maximum atomic E-state index is 11.3. The Kier molecular flexibility index (Phi) is 5.64. The summed E-state index contributed by atoms with van der Waals surface area (Å²) in [5.41, 5.74) is 0.358. The Bertz CT molecular complexity index is 259. The molecule has 0 aliphatic heterocycles. The molecule has 0 aromatic rings. The van der Waals surface area contributed by atoms with Gasteiger partial charge in [0.25, 0.3) is 0 Å². The molecular weight excluding hydrogens is 228 g/mol. The second kappa shape index (κ2) is 6.55. The molecule has 0 bridgehead atoms. The number of esters is 1. The number of rotatable bonds is 4. The van der Waals surface area contributed by atoms with E-state index in [0.717, 1.165) is 31.6 Å². The van der Waals surface area contributed by atoms with Gasteiger partial charge in [0.2, 0.25) is 0 Å². The van der Waals surface area contributed by atoms with Crippen LogP contribution in [0.25, 0.3) is 0 Å². The van der Waals surface area contributed by atoms with Gasteiger partial charge in [-0.2, -0.15) is 0 Å². The van der Waals surface area contributed by atoms with Crippen molar-refractivity contribution >= 4 is 5.97 Å². The van der Waals surface area contributed by atoms with Crippen molar-refractivity contribution in [3.8, 4) is 0 Å². The topological polar surface area (TPSA) is 46.5 Å². The molecule has 0 heterocycles. The summed E-state index contributed by atoms with van der Waals surface area (Å²) in [4.78, 5) is 11.3. The lowest BCUT2D eigenvalue weighted by atomic mass is 9.68. The molecule has 1 aliphatic carbocycles. The van der Waals surface area contributed by atoms with E-state index in [1.54, 1.807) is 6.92 Å².